The predicted molar refractivity (Wildman–Crippen MR) is 353 cm³/mol. The molecule has 81 heavy (non-hydrogen) atoms. The van der Waals surface area contributed by atoms with Gasteiger partial charge in [0.05, 0.1) is 0 Å². The van der Waals surface area contributed by atoms with Crippen molar-refractivity contribution in [1.29, 1.82) is 0 Å². The summed E-state index contributed by atoms with van der Waals surface area (Å²) < 4.78 is 17.0. The lowest BCUT2D eigenvalue weighted by atomic mass is 10.0. The van der Waals surface area contributed by atoms with Gasteiger partial charge in [-0.25, -0.2) is 0 Å². The van der Waals surface area contributed by atoms with Crippen LogP contribution in [0.5, 0.6) is 0 Å². The van der Waals surface area contributed by atoms with Crippen molar-refractivity contribution in [2.45, 2.75) is 399 Å². The van der Waals surface area contributed by atoms with E-state index >= 15 is 0 Å². The number of esters is 3. The van der Waals surface area contributed by atoms with Crippen LogP contribution in [-0.4, -0.2) is 37.2 Å². The molecule has 6 nitrogen and oxygen atoms in total. The van der Waals surface area contributed by atoms with Gasteiger partial charge in [-0.3, -0.25) is 14.4 Å². The fraction of sp³-hybridized carbons (Fsp3) is 0.853. The van der Waals surface area contributed by atoms with Gasteiger partial charge in [0.25, 0.3) is 0 Å². The van der Waals surface area contributed by atoms with Crippen molar-refractivity contribution in [2.24, 2.45) is 0 Å². The van der Waals surface area contributed by atoms with Crippen LogP contribution in [0, 0.1) is 0 Å². The third kappa shape index (κ3) is 68.0. The van der Waals surface area contributed by atoms with Gasteiger partial charge in [-0.05, 0) is 83.5 Å². The number of carbonyl (C=O) groups excluding carboxylic acids is 3. The van der Waals surface area contributed by atoms with Crippen molar-refractivity contribution >= 4 is 17.9 Å². The summed E-state index contributed by atoms with van der Waals surface area (Å²) in [5.41, 5.74) is 0. The van der Waals surface area contributed by atoms with E-state index in [1.165, 1.54) is 283 Å². The molecular weight excluding hydrogens is 997 g/mol. The fourth-order valence-electron chi connectivity index (χ4n) is 10.9. The van der Waals surface area contributed by atoms with Crippen LogP contribution < -0.4 is 0 Å². The molecule has 0 heterocycles. The maximum Gasteiger partial charge on any atom is 0.306 e. The summed E-state index contributed by atoms with van der Waals surface area (Å²) in [5, 5.41) is 0. The van der Waals surface area contributed by atoms with E-state index in [-0.39, 0.29) is 31.1 Å². The molecule has 0 aliphatic carbocycles. The van der Waals surface area contributed by atoms with E-state index in [4.69, 9.17) is 14.2 Å². The molecule has 0 aliphatic heterocycles. The van der Waals surface area contributed by atoms with E-state index < -0.39 is 6.10 Å². The summed E-state index contributed by atoms with van der Waals surface area (Å²) in [6.45, 7) is 6.69. The molecule has 0 aromatic heterocycles. The van der Waals surface area contributed by atoms with Gasteiger partial charge in [-0.1, -0.05) is 339 Å². The second-order valence-corrected chi connectivity index (χ2v) is 24.5. The Morgan fingerprint density at radius 1 is 0.247 bits per heavy atom. The highest BCUT2D eigenvalue weighted by Crippen LogP contribution is 2.18. The van der Waals surface area contributed by atoms with Gasteiger partial charge < -0.3 is 14.2 Å². The lowest BCUT2D eigenvalue weighted by Crippen LogP contribution is -2.30. The van der Waals surface area contributed by atoms with E-state index in [0.717, 1.165) is 70.6 Å². The molecule has 0 aliphatic rings. The highest BCUT2D eigenvalue weighted by Gasteiger charge is 2.19. The number of unbranched alkanes of at least 4 members (excludes halogenated alkanes) is 48. The molecular formula is C75H138O6. The lowest BCUT2D eigenvalue weighted by molar-refractivity contribution is -0.167. The molecule has 0 bridgehead atoms. The van der Waals surface area contributed by atoms with Crippen molar-refractivity contribution in [3.63, 3.8) is 0 Å². The SMILES string of the molecule is CCCCCCC/C=C\C/C=C\C/C=C\CCCCCCCCCCCCC(=O)OCC(COC(=O)CCCCCCCCC/C=C\CCCCCCCC)OC(=O)CCCCCCCCCCCCCCCCCCCCCCC. The summed E-state index contributed by atoms with van der Waals surface area (Å²) in [4.78, 5) is 38.5. The zero-order valence-corrected chi connectivity index (χ0v) is 54.6. The predicted octanol–water partition coefficient (Wildman–Crippen LogP) is 24.9. The first-order valence-corrected chi connectivity index (χ1v) is 36.1. The Kier molecular flexibility index (Phi) is 67.6. The molecule has 0 radical (unpaired) electrons. The van der Waals surface area contributed by atoms with Gasteiger partial charge in [0, 0.05) is 19.3 Å². The number of hydrogen-bond donors (Lipinski definition) is 0. The molecule has 6 heteroatoms. The van der Waals surface area contributed by atoms with Crippen molar-refractivity contribution in [2.75, 3.05) is 13.2 Å². The average molecular weight is 1140 g/mol. The van der Waals surface area contributed by atoms with Gasteiger partial charge in [0.2, 0.25) is 0 Å². The summed E-state index contributed by atoms with van der Waals surface area (Å²) in [5.74, 6) is -0.851. The van der Waals surface area contributed by atoms with Gasteiger partial charge in [0.1, 0.15) is 13.2 Å². The minimum atomic E-state index is -0.776. The smallest absolute Gasteiger partial charge is 0.306 e. The van der Waals surface area contributed by atoms with Gasteiger partial charge in [-0.2, -0.15) is 0 Å². The summed E-state index contributed by atoms with van der Waals surface area (Å²) in [6, 6.07) is 0. The number of allylic oxidation sites excluding steroid dienone is 8. The maximum atomic E-state index is 13.0. The van der Waals surface area contributed by atoms with E-state index in [9.17, 15) is 14.4 Å². The van der Waals surface area contributed by atoms with Crippen molar-refractivity contribution in [3.8, 4) is 0 Å². The molecule has 0 saturated heterocycles. The monoisotopic (exact) mass is 1140 g/mol. The molecule has 1 unspecified atom stereocenters. The number of ether oxygens (including phenoxy) is 3. The highest BCUT2D eigenvalue weighted by molar-refractivity contribution is 5.71. The molecule has 0 fully saturated rings. The van der Waals surface area contributed by atoms with Crippen LogP contribution in [0.2, 0.25) is 0 Å². The van der Waals surface area contributed by atoms with Crippen molar-refractivity contribution < 1.29 is 28.6 Å². The molecule has 0 spiro atoms. The second kappa shape index (κ2) is 69.9. The number of hydrogen-bond acceptors (Lipinski definition) is 6. The first-order chi connectivity index (χ1) is 40.0. The van der Waals surface area contributed by atoms with Crippen LogP contribution in [0.1, 0.15) is 393 Å². The molecule has 1 atom stereocenters. The van der Waals surface area contributed by atoms with E-state index in [1.54, 1.807) is 0 Å². The Morgan fingerprint density at radius 3 is 0.704 bits per heavy atom. The topological polar surface area (TPSA) is 78.9 Å². The second-order valence-electron chi connectivity index (χ2n) is 24.5. The van der Waals surface area contributed by atoms with Crippen LogP contribution in [0.4, 0.5) is 0 Å². The number of carbonyl (C=O) groups is 3. The minimum Gasteiger partial charge on any atom is -0.462 e. The molecule has 0 rings (SSSR count). The normalized spacial score (nSPS) is 12.3. The molecule has 0 aromatic rings. The molecule has 0 N–H and O–H groups in total. The molecule has 0 saturated carbocycles. The quantitative estimate of drug-likeness (QED) is 0.0261. The van der Waals surface area contributed by atoms with E-state index in [0.29, 0.717) is 19.3 Å². The van der Waals surface area contributed by atoms with Crippen molar-refractivity contribution in [1.82, 2.24) is 0 Å². The third-order valence-electron chi connectivity index (χ3n) is 16.3. The molecule has 0 amide bonds. The first-order valence-electron chi connectivity index (χ1n) is 36.1. The van der Waals surface area contributed by atoms with Crippen LogP contribution in [-0.2, 0) is 28.6 Å². The Bertz CT molecular complexity index is 1400. The van der Waals surface area contributed by atoms with Gasteiger partial charge in [-0.15, -0.1) is 0 Å². The Morgan fingerprint density at radius 2 is 0.444 bits per heavy atom. The molecule has 474 valence electrons. The van der Waals surface area contributed by atoms with Crippen LogP contribution in [0.25, 0.3) is 0 Å². The van der Waals surface area contributed by atoms with Crippen LogP contribution in [0.3, 0.4) is 0 Å². The average Bonchev–Trinajstić information content (AvgIpc) is 3.47. The Hall–Kier alpha value is -2.63. The number of rotatable bonds is 67. The van der Waals surface area contributed by atoms with E-state index in [1.807, 2.05) is 0 Å². The maximum absolute atomic E-state index is 13.0. The summed E-state index contributed by atoms with van der Waals surface area (Å²) >= 11 is 0. The zero-order valence-electron chi connectivity index (χ0n) is 54.6. The van der Waals surface area contributed by atoms with Gasteiger partial charge >= 0.3 is 17.9 Å². The largest absolute Gasteiger partial charge is 0.462 e. The lowest BCUT2D eigenvalue weighted by Gasteiger charge is -2.18. The van der Waals surface area contributed by atoms with E-state index in [2.05, 4.69) is 69.4 Å². The van der Waals surface area contributed by atoms with Crippen LogP contribution >= 0.6 is 0 Å². The summed E-state index contributed by atoms with van der Waals surface area (Å²) in [6.07, 6.45) is 88.5. The van der Waals surface area contributed by atoms with Gasteiger partial charge in [0.15, 0.2) is 6.10 Å². The highest BCUT2D eigenvalue weighted by atomic mass is 16.6. The van der Waals surface area contributed by atoms with Crippen LogP contribution in [0.15, 0.2) is 48.6 Å². The zero-order chi connectivity index (χ0) is 58.5. The minimum absolute atomic E-state index is 0.0722. The Balaban J connectivity index is 4.31. The molecule has 0 aromatic carbocycles. The fourth-order valence-corrected chi connectivity index (χ4v) is 10.9. The van der Waals surface area contributed by atoms with Crippen molar-refractivity contribution in [3.05, 3.63) is 48.6 Å². The standard InChI is InChI=1S/C75H138O6/c1-4-7-10-13-16-19-22-25-28-31-33-35-36-37-38-40-41-44-47-50-53-56-59-62-65-68-74(77)80-71-72(70-79-73(76)67-64-61-58-55-52-49-46-43-30-27-24-21-18-15-12-9-6-3)81-75(78)69-66-63-60-57-54-51-48-45-42-39-34-32-29-26-23-20-17-14-11-8-5-2/h22,25,27,30-31,33,36-37,72H,4-21,23-24,26,28-29,32,34-35,38-71H2,1-3H3/b25-22-,30-27-,33-31-,37-36-. The first kappa shape index (κ1) is 78.4. The Labute approximate surface area is 505 Å². The summed E-state index contributed by atoms with van der Waals surface area (Å²) in [7, 11) is 0. The third-order valence-corrected chi connectivity index (χ3v) is 16.3.